The largest absolute Gasteiger partial charge is 0.496 e. The topological polar surface area (TPSA) is 159 Å². The molecule has 0 amide bonds. The lowest BCUT2D eigenvalue weighted by Crippen LogP contribution is -2.36. The van der Waals surface area contributed by atoms with E-state index in [9.17, 15) is 24.6 Å². The number of benzene rings is 1. The summed E-state index contributed by atoms with van der Waals surface area (Å²) in [6.45, 7) is 0.0820. The first kappa shape index (κ1) is 20.9. The number of ether oxygens (including phenoxy) is 1. The van der Waals surface area contributed by atoms with Gasteiger partial charge < -0.3 is 20.1 Å². The lowest BCUT2D eigenvalue weighted by Gasteiger charge is -2.14. The van der Waals surface area contributed by atoms with Gasteiger partial charge in [0.15, 0.2) is 5.69 Å². The lowest BCUT2D eigenvalue weighted by molar-refractivity contribution is -0.140. The van der Waals surface area contributed by atoms with Crippen LogP contribution in [0.15, 0.2) is 30.3 Å². The van der Waals surface area contributed by atoms with Crippen molar-refractivity contribution in [3.8, 4) is 5.75 Å². The number of aliphatic carboxylic acids is 2. The molecule has 0 saturated carbocycles. The Labute approximate surface area is 170 Å². The van der Waals surface area contributed by atoms with Gasteiger partial charge in [-0.25, -0.2) is 14.8 Å². The van der Waals surface area contributed by atoms with Crippen LogP contribution in [0.5, 0.6) is 5.75 Å². The van der Waals surface area contributed by atoms with Gasteiger partial charge in [-0.05, 0) is 18.6 Å². The molecule has 4 N–H and O–H groups in total. The minimum atomic E-state index is -1.20. The summed E-state index contributed by atoms with van der Waals surface area (Å²) in [7, 11) is 1.43. The van der Waals surface area contributed by atoms with Crippen molar-refractivity contribution in [2.45, 2.75) is 25.4 Å². The summed E-state index contributed by atoms with van der Waals surface area (Å²) in [5.74, 6) is -3.08. The second-order valence-corrected chi connectivity index (χ2v) is 6.56. The van der Waals surface area contributed by atoms with Gasteiger partial charge in [0.25, 0.3) is 0 Å². The van der Waals surface area contributed by atoms with Crippen molar-refractivity contribution >= 4 is 39.7 Å². The molecular weight excluding hydrogens is 394 g/mol. The number of hydrogen-bond acceptors (Lipinski definition) is 7. The normalized spacial score (nSPS) is 12.0. The first-order valence-corrected chi connectivity index (χ1v) is 8.98. The molecule has 1 unspecified atom stereocenters. The summed E-state index contributed by atoms with van der Waals surface area (Å²) in [4.78, 5) is 42.2. The molecule has 0 spiro atoms. The highest BCUT2D eigenvalue weighted by Crippen LogP contribution is 2.30. The lowest BCUT2D eigenvalue weighted by atomic mass is 10.1. The van der Waals surface area contributed by atoms with Crippen LogP contribution in [-0.2, 0) is 16.1 Å². The van der Waals surface area contributed by atoms with Crippen LogP contribution in [0.1, 0.15) is 29.0 Å². The van der Waals surface area contributed by atoms with Crippen LogP contribution in [0.25, 0.3) is 21.8 Å². The van der Waals surface area contributed by atoms with E-state index in [1.165, 1.54) is 13.2 Å². The number of carboxylic acids is 3. The van der Waals surface area contributed by atoms with E-state index in [1.54, 1.807) is 24.3 Å². The fourth-order valence-corrected chi connectivity index (χ4v) is 3.07. The zero-order chi connectivity index (χ0) is 21.8. The van der Waals surface area contributed by atoms with Gasteiger partial charge in [-0.15, -0.1) is 0 Å². The van der Waals surface area contributed by atoms with Crippen molar-refractivity contribution in [2.24, 2.45) is 0 Å². The average Bonchev–Trinajstić information content (AvgIpc) is 2.71. The maximum absolute atomic E-state index is 11.4. The van der Waals surface area contributed by atoms with E-state index in [0.29, 0.717) is 27.9 Å². The van der Waals surface area contributed by atoms with Crippen molar-refractivity contribution in [1.29, 1.82) is 0 Å². The van der Waals surface area contributed by atoms with Gasteiger partial charge in [-0.3, -0.25) is 14.9 Å². The molecule has 156 valence electrons. The minimum Gasteiger partial charge on any atom is -0.496 e. The van der Waals surface area contributed by atoms with E-state index in [1.807, 2.05) is 0 Å². The molecule has 0 saturated heterocycles. The van der Waals surface area contributed by atoms with Crippen LogP contribution in [0.3, 0.4) is 0 Å². The average molecular weight is 413 g/mol. The number of pyridine rings is 2. The van der Waals surface area contributed by atoms with Crippen molar-refractivity contribution < 1.29 is 34.4 Å². The van der Waals surface area contributed by atoms with Gasteiger partial charge >= 0.3 is 17.9 Å². The number of nitrogens with one attached hydrogen (secondary N) is 1. The number of carbonyl (C=O) groups is 3. The zero-order valence-electron chi connectivity index (χ0n) is 16.0. The highest BCUT2D eigenvalue weighted by atomic mass is 16.5. The summed E-state index contributed by atoms with van der Waals surface area (Å²) in [6.07, 6.45) is -0.344. The van der Waals surface area contributed by atoms with E-state index in [0.717, 1.165) is 5.39 Å². The SMILES string of the molecule is COc1cc(C(=O)O)nc2c1ccc1ccc(CNC(CCC(=O)O)C(=O)O)nc12. The van der Waals surface area contributed by atoms with Gasteiger partial charge in [-0.1, -0.05) is 12.1 Å². The number of nitrogens with zero attached hydrogens (tertiary/aromatic N) is 2. The Kier molecular flexibility index (Phi) is 6.07. The van der Waals surface area contributed by atoms with Crippen molar-refractivity contribution in [3.63, 3.8) is 0 Å². The smallest absolute Gasteiger partial charge is 0.354 e. The third kappa shape index (κ3) is 4.44. The number of aromatic nitrogens is 2. The van der Waals surface area contributed by atoms with Crippen LogP contribution in [0.4, 0.5) is 0 Å². The van der Waals surface area contributed by atoms with Gasteiger partial charge in [0.05, 0.1) is 18.3 Å². The number of hydrogen-bond donors (Lipinski definition) is 4. The Morgan fingerprint density at radius 1 is 1.07 bits per heavy atom. The molecule has 0 fully saturated rings. The van der Waals surface area contributed by atoms with Gasteiger partial charge in [0.1, 0.15) is 17.3 Å². The van der Waals surface area contributed by atoms with Gasteiger partial charge in [-0.2, -0.15) is 0 Å². The van der Waals surface area contributed by atoms with Crippen molar-refractivity contribution in [3.05, 3.63) is 41.7 Å². The molecule has 3 aromatic rings. The molecule has 2 heterocycles. The Hall–Kier alpha value is -3.79. The van der Waals surface area contributed by atoms with Crippen LogP contribution < -0.4 is 10.1 Å². The molecule has 10 nitrogen and oxygen atoms in total. The second kappa shape index (κ2) is 8.70. The summed E-state index contributed by atoms with van der Waals surface area (Å²) in [5, 5.41) is 31.5. The molecule has 3 rings (SSSR count). The molecule has 1 aromatic carbocycles. The summed E-state index contributed by atoms with van der Waals surface area (Å²) in [5.41, 5.74) is 1.12. The Morgan fingerprint density at radius 2 is 1.80 bits per heavy atom. The van der Waals surface area contributed by atoms with Crippen LogP contribution in [0, 0.1) is 0 Å². The first-order chi connectivity index (χ1) is 14.3. The summed E-state index contributed by atoms with van der Waals surface area (Å²) < 4.78 is 5.29. The third-order valence-corrected chi connectivity index (χ3v) is 4.57. The maximum Gasteiger partial charge on any atom is 0.354 e. The maximum atomic E-state index is 11.4. The molecule has 0 bridgehead atoms. The molecule has 0 aliphatic rings. The molecule has 0 aliphatic carbocycles. The number of methoxy groups -OCH3 is 1. The first-order valence-electron chi connectivity index (χ1n) is 8.98. The van der Waals surface area contributed by atoms with E-state index in [4.69, 9.17) is 9.84 Å². The Bertz CT molecular complexity index is 1150. The molecule has 10 heteroatoms. The molecule has 30 heavy (non-hydrogen) atoms. The molecule has 0 aliphatic heterocycles. The van der Waals surface area contributed by atoms with Crippen molar-refractivity contribution in [1.82, 2.24) is 15.3 Å². The second-order valence-electron chi connectivity index (χ2n) is 6.56. The number of carboxylic acid groups (broad SMARTS) is 3. The number of fused-ring (bicyclic) bond motifs is 3. The van der Waals surface area contributed by atoms with Crippen LogP contribution in [0.2, 0.25) is 0 Å². The fraction of sp³-hybridized carbons (Fsp3) is 0.250. The van der Waals surface area contributed by atoms with E-state index in [-0.39, 0.29) is 25.1 Å². The van der Waals surface area contributed by atoms with Crippen LogP contribution in [-0.4, -0.2) is 56.3 Å². The molecule has 0 radical (unpaired) electrons. The number of aromatic carboxylic acids is 1. The number of rotatable bonds is 9. The quantitative estimate of drug-likeness (QED) is 0.382. The van der Waals surface area contributed by atoms with Crippen LogP contribution >= 0.6 is 0 Å². The predicted octanol–water partition coefficient (Wildman–Crippen LogP) is 1.90. The van der Waals surface area contributed by atoms with Gasteiger partial charge in [0.2, 0.25) is 0 Å². The van der Waals surface area contributed by atoms with E-state index < -0.39 is 23.9 Å². The highest BCUT2D eigenvalue weighted by Gasteiger charge is 2.19. The minimum absolute atomic E-state index is 0.0676. The monoisotopic (exact) mass is 413 g/mol. The predicted molar refractivity (Wildman–Crippen MR) is 106 cm³/mol. The van der Waals surface area contributed by atoms with E-state index >= 15 is 0 Å². The van der Waals surface area contributed by atoms with Crippen molar-refractivity contribution in [2.75, 3.05) is 7.11 Å². The van der Waals surface area contributed by atoms with E-state index in [2.05, 4.69) is 15.3 Å². The third-order valence-electron chi connectivity index (χ3n) is 4.57. The molecule has 1 atom stereocenters. The summed E-state index contributed by atoms with van der Waals surface area (Å²) >= 11 is 0. The zero-order valence-corrected chi connectivity index (χ0v) is 16.0. The van der Waals surface area contributed by atoms with Gasteiger partial charge in [0, 0.05) is 29.8 Å². The highest BCUT2D eigenvalue weighted by molar-refractivity contribution is 6.06. The summed E-state index contributed by atoms with van der Waals surface area (Å²) in [6, 6.07) is 7.34. The standard InChI is InChI=1S/C20H19N3O7/c1-30-15-8-14(20(28)29)23-18-12(15)5-3-10-2-4-11(22-17(10)18)9-21-13(19(26)27)6-7-16(24)25/h2-5,8,13,21H,6-7,9H2,1H3,(H,24,25)(H,26,27)(H,28,29). The Morgan fingerprint density at radius 3 is 2.43 bits per heavy atom. The molecular formula is C20H19N3O7. The Balaban J connectivity index is 1.98. The molecule has 2 aromatic heterocycles. The fourth-order valence-electron chi connectivity index (χ4n) is 3.07.